The summed E-state index contributed by atoms with van der Waals surface area (Å²) < 4.78 is 15.4. The van der Waals surface area contributed by atoms with Gasteiger partial charge in [0.15, 0.2) is 11.1 Å². The number of aromatic nitrogens is 3. The van der Waals surface area contributed by atoms with Crippen LogP contribution in [0.4, 0.5) is 4.39 Å². The Morgan fingerprint density at radius 2 is 2.11 bits per heavy atom. The minimum atomic E-state index is -0.229. The molecule has 0 saturated heterocycles. The highest BCUT2D eigenvalue weighted by molar-refractivity contribution is 7.98. The van der Waals surface area contributed by atoms with Crippen LogP contribution in [0, 0.1) is 11.7 Å². The number of halogens is 1. The zero-order valence-electron chi connectivity index (χ0n) is 16.5. The Morgan fingerprint density at radius 1 is 1.30 bits per heavy atom. The first-order valence-corrected chi connectivity index (χ1v) is 10.4. The van der Waals surface area contributed by atoms with Gasteiger partial charge in [0, 0.05) is 33.1 Å². The highest BCUT2D eigenvalue weighted by atomic mass is 32.2. The molecule has 8 heteroatoms. The molecule has 0 fully saturated rings. The summed E-state index contributed by atoms with van der Waals surface area (Å²) in [4.78, 5) is 4.21. The number of rotatable bonds is 9. The number of hydrogen-bond donors (Lipinski definition) is 2. The molecular formula is C19H29FN6S. The number of nitrogens with one attached hydrogen (secondary N) is 2. The molecule has 2 N–H and O–H groups in total. The minimum absolute atomic E-state index is 0.229. The Hall–Kier alpha value is -2.09. The molecule has 148 valence electrons. The molecule has 1 aromatic carbocycles. The van der Waals surface area contributed by atoms with Gasteiger partial charge in [0.05, 0.1) is 0 Å². The van der Waals surface area contributed by atoms with Crippen LogP contribution in [-0.4, -0.2) is 40.6 Å². The summed E-state index contributed by atoms with van der Waals surface area (Å²) in [5.41, 5.74) is 0.879. The van der Waals surface area contributed by atoms with Crippen LogP contribution in [0.3, 0.4) is 0 Å². The van der Waals surface area contributed by atoms with Crippen LogP contribution in [-0.2, 0) is 19.5 Å². The maximum Gasteiger partial charge on any atom is 0.191 e. The van der Waals surface area contributed by atoms with Gasteiger partial charge in [-0.05, 0) is 36.3 Å². The van der Waals surface area contributed by atoms with E-state index >= 15 is 0 Å². The smallest absolute Gasteiger partial charge is 0.191 e. The molecule has 0 amide bonds. The number of nitrogens with zero attached hydrogens (tertiary/aromatic N) is 4. The fraction of sp³-hybridized carbons (Fsp3) is 0.526. The first kappa shape index (κ1) is 21.2. The topological polar surface area (TPSA) is 67.1 Å². The molecule has 6 nitrogen and oxygen atoms in total. The van der Waals surface area contributed by atoms with Crippen LogP contribution < -0.4 is 10.6 Å². The van der Waals surface area contributed by atoms with E-state index in [1.54, 1.807) is 24.9 Å². The molecule has 2 rings (SSSR count). The molecule has 0 aliphatic heterocycles. The molecular weight excluding hydrogens is 363 g/mol. The van der Waals surface area contributed by atoms with E-state index in [0.29, 0.717) is 18.4 Å². The van der Waals surface area contributed by atoms with Crippen molar-refractivity contribution in [3.63, 3.8) is 0 Å². The normalized spacial score (nSPS) is 11.9. The van der Waals surface area contributed by atoms with E-state index < -0.39 is 0 Å². The number of guanidine groups is 1. The van der Waals surface area contributed by atoms with E-state index in [9.17, 15) is 4.39 Å². The first-order chi connectivity index (χ1) is 13.0. The molecule has 2 aromatic rings. The second kappa shape index (κ2) is 10.9. The summed E-state index contributed by atoms with van der Waals surface area (Å²) >= 11 is 1.63. The van der Waals surface area contributed by atoms with E-state index in [1.165, 1.54) is 12.1 Å². The van der Waals surface area contributed by atoms with Crippen molar-refractivity contribution in [2.45, 2.75) is 44.9 Å². The quantitative estimate of drug-likeness (QED) is 0.297. The highest BCUT2D eigenvalue weighted by Crippen LogP contribution is 2.16. The third kappa shape index (κ3) is 6.86. The van der Waals surface area contributed by atoms with Crippen LogP contribution in [0.25, 0.3) is 0 Å². The molecule has 0 bridgehead atoms. The Bertz CT molecular complexity index is 744. The maximum absolute atomic E-state index is 13.2. The molecule has 0 aliphatic rings. The van der Waals surface area contributed by atoms with E-state index in [0.717, 1.165) is 42.5 Å². The number of aryl methyl sites for hydroxylation is 1. The van der Waals surface area contributed by atoms with E-state index in [1.807, 2.05) is 12.3 Å². The van der Waals surface area contributed by atoms with Crippen molar-refractivity contribution >= 4 is 17.7 Å². The van der Waals surface area contributed by atoms with Crippen molar-refractivity contribution in [3.8, 4) is 0 Å². The predicted octanol–water partition coefficient (Wildman–Crippen LogP) is 3.09. The lowest BCUT2D eigenvalue weighted by Gasteiger charge is -2.13. The first-order valence-electron chi connectivity index (χ1n) is 9.18. The fourth-order valence-electron chi connectivity index (χ4n) is 2.71. The molecule has 27 heavy (non-hydrogen) atoms. The van der Waals surface area contributed by atoms with Gasteiger partial charge >= 0.3 is 0 Å². The van der Waals surface area contributed by atoms with Gasteiger partial charge in [-0.1, -0.05) is 37.7 Å². The van der Waals surface area contributed by atoms with Gasteiger partial charge in [-0.15, -0.1) is 10.2 Å². The van der Waals surface area contributed by atoms with Crippen molar-refractivity contribution in [2.24, 2.45) is 10.9 Å². The van der Waals surface area contributed by atoms with Crippen molar-refractivity contribution in [1.29, 1.82) is 0 Å². The van der Waals surface area contributed by atoms with Crippen molar-refractivity contribution in [1.82, 2.24) is 25.4 Å². The van der Waals surface area contributed by atoms with Gasteiger partial charge < -0.3 is 15.2 Å². The standard InChI is InChI=1S/C19H29FN6S/c1-14(2)13-26-17(24-25-19(26)27-4)9-6-10-22-18(21-3)23-12-15-7-5-8-16(20)11-15/h5,7-8,11,14H,6,9-10,12-13H2,1-4H3,(H2,21,22,23). The average molecular weight is 393 g/mol. The summed E-state index contributed by atoms with van der Waals surface area (Å²) in [6, 6.07) is 6.55. The summed E-state index contributed by atoms with van der Waals surface area (Å²) in [5.74, 6) is 2.05. The van der Waals surface area contributed by atoms with Gasteiger partial charge in [0.25, 0.3) is 0 Å². The van der Waals surface area contributed by atoms with Gasteiger partial charge in [-0.3, -0.25) is 4.99 Å². The second-order valence-corrected chi connectivity index (χ2v) is 7.47. The summed E-state index contributed by atoms with van der Waals surface area (Å²) in [5, 5.41) is 16.1. The van der Waals surface area contributed by atoms with Crippen LogP contribution in [0.1, 0.15) is 31.7 Å². The zero-order chi connectivity index (χ0) is 19.6. The fourth-order valence-corrected chi connectivity index (χ4v) is 3.23. The SMILES string of the molecule is CN=C(NCCCc1nnc(SC)n1CC(C)C)NCc1cccc(F)c1. The van der Waals surface area contributed by atoms with Gasteiger partial charge in [0.2, 0.25) is 0 Å². The van der Waals surface area contributed by atoms with E-state index in [4.69, 9.17) is 0 Å². The Labute approximate surface area is 165 Å². The predicted molar refractivity (Wildman–Crippen MR) is 110 cm³/mol. The second-order valence-electron chi connectivity index (χ2n) is 6.69. The minimum Gasteiger partial charge on any atom is -0.356 e. The lowest BCUT2D eigenvalue weighted by molar-refractivity contribution is 0.477. The van der Waals surface area contributed by atoms with E-state index in [-0.39, 0.29) is 5.82 Å². The van der Waals surface area contributed by atoms with E-state index in [2.05, 4.69) is 44.2 Å². The Morgan fingerprint density at radius 3 is 2.78 bits per heavy atom. The number of benzene rings is 1. The monoisotopic (exact) mass is 392 g/mol. The molecule has 0 unspecified atom stereocenters. The maximum atomic E-state index is 13.2. The summed E-state index contributed by atoms with van der Waals surface area (Å²) in [6.07, 6.45) is 3.81. The number of thioether (sulfide) groups is 1. The van der Waals surface area contributed by atoms with Crippen LogP contribution in [0.2, 0.25) is 0 Å². The van der Waals surface area contributed by atoms with Crippen LogP contribution in [0.5, 0.6) is 0 Å². The van der Waals surface area contributed by atoms with Gasteiger partial charge in [0.1, 0.15) is 11.6 Å². The molecule has 0 radical (unpaired) electrons. The third-order valence-corrected chi connectivity index (χ3v) is 4.63. The molecule has 0 spiro atoms. The Balaban J connectivity index is 1.79. The molecule has 0 atom stereocenters. The summed E-state index contributed by atoms with van der Waals surface area (Å²) in [6.45, 7) is 6.62. The van der Waals surface area contributed by atoms with Crippen LogP contribution in [0.15, 0.2) is 34.4 Å². The Kier molecular flexibility index (Phi) is 8.57. The van der Waals surface area contributed by atoms with Crippen molar-refractivity contribution < 1.29 is 4.39 Å². The highest BCUT2D eigenvalue weighted by Gasteiger charge is 2.12. The van der Waals surface area contributed by atoms with Crippen LogP contribution >= 0.6 is 11.8 Å². The third-order valence-electron chi connectivity index (χ3n) is 3.97. The van der Waals surface area contributed by atoms with Gasteiger partial charge in [-0.25, -0.2) is 4.39 Å². The molecule has 1 aromatic heterocycles. The number of hydrogen-bond acceptors (Lipinski definition) is 4. The summed E-state index contributed by atoms with van der Waals surface area (Å²) in [7, 11) is 1.73. The lowest BCUT2D eigenvalue weighted by atomic mass is 10.2. The molecule has 0 saturated carbocycles. The largest absolute Gasteiger partial charge is 0.356 e. The molecule has 0 aliphatic carbocycles. The molecule has 1 heterocycles. The average Bonchev–Trinajstić information content (AvgIpc) is 3.02. The van der Waals surface area contributed by atoms with Crippen molar-refractivity contribution in [2.75, 3.05) is 19.8 Å². The number of aliphatic imine (C=N–C) groups is 1. The zero-order valence-corrected chi connectivity index (χ0v) is 17.3. The van der Waals surface area contributed by atoms with Crippen molar-refractivity contribution in [3.05, 3.63) is 41.5 Å². The van der Waals surface area contributed by atoms with Gasteiger partial charge in [-0.2, -0.15) is 0 Å². The lowest BCUT2D eigenvalue weighted by Crippen LogP contribution is -2.37.